The van der Waals surface area contributed by atoms with Crippen LogP contribution in [-0.4, -0.2) is 9.97 Å². The fourth-order valence-corrected chi connectivity index (χ4v) is 3.27. The van der Waals surface area contributed by atoms with E-state index in [-0.39, 0.29) is 0 Å². The number of benzene rings is 2. The Morgan fingerprint density at radius 1 is 0.538 bits per heavy atom. The number of aromatic nitrogens is 2. The first-order chi connectivity index (χ1) is 12.7. The molecule has 0 aliphatic carbocycles. The Labute approximate surface area is 154 Å². The molecule has 4 rings (SSSR count). The minimum Gasteiger partial charge on any atom is -0.255 e. The van der Waals surface area contributed by atoms with Crippen LogP contribution in [0.15, 0.2) is 85.2 Å². The lowest BCUT2D eigenvalue weighted by molar-refractivity contribution is 1.24. The Hall–Kier alpha value is -3.26. The van der Waals surface area contributed by atoms with Gasteiger partial charge in [-0.3, -0.25) is 9.97 Å². The average molecular weight is 336 g/mol. The van der Waals surface area contributed by atoms with Crippen molar-refractivity contribution in [3.05, 3.63) is 96.3 Å². The molecule has 0 N–H and O–H groups in total. The molecule has 2 aromatic heterocycles. The van der Waals surface area contributed by atoms with Crippen LogP contribution in [0.5, 0.6) is 0 Å². The third-order valence-corrected chi connectivity index (χ3v) is 4.69. The van der Waals surface area contributed by atoms with Gasteiger partial charge in [0.15, 0.2) is 0 Å². The Kier molecular flexibility index (Phi) is 4.32. The molecule has 2 heteroatoms. The van der Waals surface area contributed by atoms with Crippen molar-refractivity contribution in [3.63, 3.8) is 0 Å². The van der Waals surface area contributed by atoms with Gasteiger partial charge in [0.1, 0.15) is 0 Å². The minimum absolute atomic E-state index is 0.890. The van der Waals surface area contributed by atoms with Gasteiger partial charge >= 0.3 is 0 Å². The van der Waals surface area contributed by atoms with Crippen molar-refractivity contribution in [2.45, 2.75) is 13.8 Å². The summed E-state index contributed by atoms with van der Waals surface area (Å²) in [5.41, 5.74) is 9.07. The van der Waals surface area contributed by atoms with Crippen molar-refractivity contribution < 1.29 is 0 Å². The SMILES string of the molecule is Cc1ccccc1-c1ccnc(-c2cc(-c3ccccc3C)ccn2)c1. The Balaban J connectivity index is 1.78. The summed E-state index contributed by atoms with van der Waals surface area (Å²) in [4.78, 5) is 9.12. The van der Waals surface area contributed by atoms with Crippen molar-refractivity contribution in [3.8, 4) is 33.6 Å². The van der Waals surface area contributed by atoms with Gasteiger partial charge in [0.2, 0.25) is 0 Å². The van der Waals surface area contributed by atoms with Crippen molar-refractivity contribution >= 4 is 0 Å². The summed E-state index contributed by atoms with van der Waals surface area (Å²) in [6.07, 6.45) is 3.72. The van der Waals surface area contributed by atoms with E-state index in [2.05, 4.69) is 96.6 Å². The molecule has 2 nitrogen and oxygen atoms in total. The van der Waals surface area contributed by atoms with Crippen LogP contribution in [0.1, 0.15) is 11.1 Å². The summed E-state index contributed by atoms with van der Waals surface area (Å²) in [7, 11) is 0. The predicted octanol–water partition coefficient (Wildman–Crippen LogP) is 6.09. The van der Waals surface area contributed by atoms with Gasteiger partial charge < -0.3 is 0 Å². The molecule has 0 unspecified atom stereocenters. The molecular formula is C24H20N2. The maximum absolute atomic E-state index is 4.56. The number of hydrogen-bond acceptors (Lipinski definition) is 2. The second kappa shape index (κ2) is 6.93. The van der Waals surface area contributed by atoms with E-state index in [1.165, 1.54) is 22.3 Å². The van der Waals surface area contributed by atoms with Gasteiger partial charge in [-0.2, -0.15) is 0 Å². The molecule has 0 atom stereocenters. The standard InChI is InChI=1S/C24H20N2/c1-17-7-3-5-9-21(17)19-11-13-25-23(15-19)24-16-20(12-14-26-24)22-10-6-4-8-18(22)2/h3-16H,1-2H3. The first kappa shape index (κ1) is 16.2. The molecule has 0 bridgehead atoms. The minimum atomic E-state index is 0.890. The highest BCUT2D eigenvalue weighted by molar-refractivity contribution is 5.74. The van der Waals surface area contributed by atoms with Gasteiger partial charge in [0, 0.05) is 12.4 Å². The molecular weight excluding hydrogens is 316 g/mol. The highest BCUT2D eigenvalue weighted by atomic mass is 14.8. The molecule has 0 saturated heterocycles. The first-order valence-corrected chi connectivity index (χ1v) is 8.77. The molecule has 0 spiro atoms. The summed E-state index contributed by atoms with van der Waals surface area (Å²) in [6, 6.07) is 25.2. The molecule has 0 amide bonds. The second-order valence-electron chi connectivity index (χ2n) is 6.49. The first-order valence-electron chi connectivity index (χ1n) is 8.77. The summed E-state index contributed by atoms with van der Waals surface area (Å²) < 4.78 is 0. The molecule has 2 aromatic carbocycles. The highest BCUT2D eigenvalue weighted by Gasteiger charge is 2.08. The molecule has 0 fully saturated rings. The van der Waals surface area contributed by atoms with Crippen LogP contribution in [0.3, 0.4) is 0 Å². The van der Waals surface area contributed by atoms with Crippen LogP contribution in [0.2, 0.25) is 0 Å². The van der Waals surface area contributed by atoms with Gasteiger partial charge in [-0.1, -0.05) is 48.5 Å². The normalized spacial score (nSPS) is 10.7. The molecule has 126 valence electrons. The van der Waals surface area contributed by atoms with Gasteiger partial charge in [-0.25, -0.2) is 0 Å². The number of hydrogen-bond donors (Lipinski definition) is 0. The van der Waals surface area contributed by atoms with Crippen molar-refractivity contribution in [2.75, 3.05) is 0 Å². The third kappa shape index (κ3) is 3.14. The number of aryl methyl sites for hydroxylation is 2. The van der Waals surface area contributed by atoms with Gasteiger partial charge in [-0.15, -0.1) is 0 Å². The van der Waals surface area contributed by atoms with E-state index >= 15 is 0 Å². The molecule has 2 heterocycles. The van der Waals surface area contributed by atoms with Crippen molar-refractivity contribution in [1.29, 1.82) is 0 Å². The average Bonchev–Trinajstić information content (AvgIpc) is 2.69. The molecule has 0 saturated carbocycles. The zero-order valence-corrected chi connectivity index (χ0v) is 15.0. The Morgan fingerprint density at radius 3 is 1.38 bits per heavy atom. The van der Waals surface area contributed by atoms with E-state index in [1.54, 1.807) is 0 Å². The van der Waals surface area contributed by atoms with Crippen LogP contribution < -0.4 is 0 Å². The van der Waals surface area contributed by atoms with Crippen molar-refractivity contribution in [1.82, 2.24) is 9.97 Å². The largest absolute Gasteiger partial charge is 0.255 e. The van der Waals surface area contributed by atoms with E-state index in [1.807, 2.05) is 12.4 Å². The number of pyridine rings is 2. The van der Waals surface area contributed by atoms with Gasteiger partial charge in [0.05, 0.1) is 11.4 Å². The summed E-state index contributed by atoms with van der Waals surface area (Å²) in [5.74, 6) is 0. The summed E-state index contributed by atoms with van der Waals surface area (Å²) >= 11 is 0. The fourth-order valence-electron chi connectivity index (χ4n) is 3.27. The molecule has 0 radical (unpaired) electrons. The zero-order chi connectivity index (χ0) is 17.9. The van der Waals surface area contributed by atoms with E-state index in [9.17, 15) is 0 Å². The Morgan fingerprint density at radius 2 is 0.962 bits per heavy atom. The van der Waals surface area contributed by atoms with Gasteiger partial charge in [-0.05, 0) is 71.5 Å². The lowest BCUT2D eigenvalue weighted by Crippen LogP contribution is -1.91. The summed E-state index contributed by atoms with van der Waals surface area (Å²) in [6.45, 7) is 4.26. The molecule has 0 aliphatic heterocycles. The second-order valence-corrected chi connectivity index (χ2v) is 6.49. The van der Waals surface area contributed by atoms with Crippen molar-refractivity contribution in [2.24, 2.45) is 0 Å². The van der Waals surface area contributed by atoms with Crippen LogP contribution in [0.4, 0.5) is 0 Å². The topological polar surface area (TPSA) is 25.8 Å². The summed E-state index contributed by atoms with van der Waals surface area (Å²) in [5, 5.41) is 0. The Bertz CT molecular complexity index is 980. The van der Waals surface area contributed by atoms with Crippen LogP contribution in [0, 0.1) is 13.8 Å². The van der Waals surface area contributed by atoms with Crippen LogP contribution >= 0.6 is 0 Å². The molecule has 0 aliphatic rings. The van der Waals surface area contributed by atoms with Gasteiger partial charge in [0.25, 0.3) is 0 Å². The lowest BCUT2D eigenvalue weighted by atomic mass is 9.99. The van der Waals surface area contributed by atoms with Crippen LogP contribution in [-0.2, 0) is 0 Å². The highest BCUT2D eigenvalue weighted by Crippen LogP contribution is 2.29. The maximum atomic E-state index is 4.56. The quantitative estimate of drug-likeness (QED) is 0.452. The molecule has 26 heavy (non-hydrogen) atoms. The lowest BCUT2D eigenvalue weighted by Gasteiger charge is -2.09. The van der Waals surface area contributed by atoms with E-state index in [4.69, 9.17) is 0 Å². The number of rotatable bonds is 3. The van der Waals surface area contributed by atoms with E-state index in [0.29, 0.717) is 0 Å². The van der Waals surface area contributed by atoms with Crippen LogP contribution in [0.25, 0.3) is 33.6 Å². The third-order valence-electron chi connectivity index (χ3n) is 4.69. The maximum Gasteiger partial charge on any atom is 0.0892 e. The zero-order valence-electron chi connectivity index (χ0n) is 15.0. The molecule has 4 aromatic rings. The smallest absolute Gasteiger partial charge is 0.0892 e. The monoisotopic (exact) mass is 336 g/mol. The fraction of sp³-hybridized carbons (Fsp3) is 0.0833. The number of nitrogens with zero attached hydrogens (tertiary/aromatic N) is 2. The van der Waals surface area contributed by atoms with E-state index in [0.717, 1.165) is 22.5 Å². The predicted molar refractivity (Wildman–Crippen MR) is 108 cm³/mol. The van der Waals surface area contributed by atoms with E-state index < -0.39 is 0 Å².